The molecule has 0 aliphatic carbocycles. The SMILES string of the molecule is C[C@@H](OC(=O)C1CCN(C(=O)Nc2ccccc2)CC1)C(=O)c1ccc(Cl)cc1. The Kier molecular flexibility index (Phi) is 6.88. The molecule has 0 spiro atoms. The second-order valence-corrected chi connectivity index (χ2v) is 7.44. The molecule has 1 heterocycles. The van der Waals surface area contributed by atoms with Crippen molar-refractivity contribution in [2.45, 2.75) is 25.9 Å². The van der Waals surface area contributed by atoms with E-state index in [1.807, 2.05) is 30.3 Å². The van der Waals surface area contributed by atoms with Gasteiger partial charge in [-0.15, -0.1) is 0 Å². The Morgan fingerprint density at radius 1 is 1.03 bits per heavy atom. The molecule has 1 aliphatic rings. The zero-order valence-electron chi connectivity index (χ0n) is 16.1. The maximum absolute atomic E-state index is 12.5. The van der Waals surface area contributed by atoms with Gasteiger partial charge in [0.1, 0.15) is 0 Å². The van der Waals surface area contributed by atoms with Crippen molar-refractivity contribution in [3.63, 3.8) is 0 Å². The third kappa shape index (κ3) is 5.57. The molecule has 2 aromatic rings. The van der Waals surface area contributed by atoms with Crippen LogP contribution in [0.5, 0.6) is 0 Å². The average Bonchev–Trinajstić information content (AvgIpc) is 2.74. The number of nitrogens with one attached hydrogen (secondary N) is 1. The van der Waals surface area contributed by atoms with Gasteiger partial charge < -0.3 is 15.0 Å². The summed E-state index contributed by atoms with van der Waals surface area (Å²) < 4.78 is 5.39. The Balaban J connectivity index is 1.47. The van der Waals surface area contributed by atoms with E-state index < -0.39 is 12.1 Å². The molecule has 1 N–H and O–H groups in total. The number of benzene rings is 2. The number of halogens is 1. The topological polar surface area (TPSA) is 75.7 Å². The van der Waals surface area contributed by atoms with E-state index in [0.717, 1.165) is 5.69 Å². The van der Waals surface area contributed by atoms with Gasteiger partial charge in [0.05, 0.1) is 5.92 Å². The summed E-state index contributed by atoms with van der Waals surface area (Å²) in [7, 11) is 0. The van der Waals surface area contributed by atoms with Gasteiger partial charge in [-0.3, -0.25) is 9.59 Å². The van der Waals surface area contributed by atoms with Crippen molar-refractivity contribution in [3.8, 4) is 0 Å². The van der Waals surface area contributed by atoms with E-state index in [1.165, 1.54) is 0 Å². The molecule has 1 fully saturated rings. The van der Waals surface area contributed by atoms with Gasteiger partial charge in [0.15, 0.2) is 6.10 Å². The van der Waals surface area contributed by atoms with Crippen LogP contribution < -0.4 is 5.32 Å². The summed E-state index contributed by atoms with van der Waals surface area (Å²) in [5.41, 5.74) is 1.18. The van der Waals surface area contributed by atoms with Crippen molar-refractivity contribution >= 4 is 35.1 Å². The normalized spacial score (nSPS) is 15.4. The van der Waals surface area contributed by atoms with Gasteiger partial charge in [0, 0.05) is 29.4 Å². The summed E-state index contributed by atoms with van der Waals surface area (Å²) in [5.74, 6) is -0.992. The Labute approximate surface area is 174 Å². The smallest absolute Gasteiger partial charge is 0.321 e. The fourth-order valence-electron chi connectivity index (χ4n) is 3.22. The fraction of sp³-hybridized carbons (Fsp3) is 0.318. The number of likely N-dealkylation sites (tertiary alicyclic amines) is 1. The third-order valence-corrected chi connectivity index (χ3v) is 5.18. The summed E-state index contributed by atoms with van der Waals surface area (Å²) in [5, 5.41) is 3.38. The summed E-state index contributed by atoms with van der Waals surface area (Å²) in [6.45, 7) is 2.48. The molecule has 152 valence electrons. The lowest BCUT2D eigenvalue weighted by atomic mass is 9.97. The van der Waals surface area contributed by atoms with Crippen LogP contribution in [0.3, 0.4) is 0 Å². The molecule has 1 aliphatic heterocycles. The highest BCUT2D eigenvalue weighted by atomic mass is 35.5. The standard InChI is InChI=1S/C22H23ClN2O4/c1-15(20(26)16-7-9-18(23)10-8-16)29-21(27)17-11-13-25(14-12-17)22(28)24-19-5-3-2-4-6-19/h2-10,15,17H,11-14H2,1H3,(H,24,28)/t15-/m1/s1. The van der Waals surface area contributed by atoms with Crippen LogP contribution in [0.15, 0.2) is 54.6 Å². The average molecular weight is 415 g/mol. The lowest BCUT2D eigenvalue weighted by molar-refractivity contribution is -0.152. The molecule has 3 rings (SSSR count). The third-order valence-electron chi connectivity index (χ3n) is 4.93. The first-order chi connectivity index (χ1) is 13.9. The summed E-state index contributed by atoms with van der Waals surface area (Å²) in [6, 6.07) is 15.5. The molecule has 0 bridgehead atoms. The fourth-order valence-corrected chi connectivity index (χ4v) is 3.34. The Morgan fingerprint density at radius 3 is 2.28 bits per heavy atom. The van der Waals surface area contributed by atoms with Crippen LogP contribution >= 0.6 is 11.6 Å². The zero-order valence-corrected chi connectivity index (χ0v) is 16.9. The first-order valence-electron chi connectivity index (χ1n) is 9.55. The van der Waals surface area contributed by atoms with Gasteiger partial charge in [-0.1, -0.05) is 29.8 Å². The van der Waals surface area contributed by atoms with Gasteiger partial charge in [0.25, 0.3) is 0 Å². The minimum Gasteiger partial charge on any atom is -0.454 e. The number of carbonyl (C=O) groups is 3. The highest BCUT2D eigenvalue weighted by molar-refractivity contribution is 6.30. The molecule has 6 nitrogen and oxygen atoms in total. The Hall–Kier alpha value is -2.86. The van der Waals surface area contributed by atoms with Gasteiger partial charge in [-0.05, 0) is 56.2 Å². The summed E-state index contributed by atoms with van der Waals surface area (Å²) in [6.07, 6.45) is 0.134. The van der Waals surface area contributed by atoms with Crippen LogP contribution in [0.1, 0.15) is 30.1 Å². The van der Waals surface area contributed by atoms with Crippen molar-refractivity contribution in [2.75, 3.05) is 18.4 Å². The highest BCUT2D eigenvalue weighted by Crippen LogP contribution is 2.21. The van der Waals surface area contributed by atoms with Crippen LogP contribution in [-0.2, 0) is 9.53 Å². The monoisotopic (exact) mass is 414 g/mol. The van der Waals surface area contributed by atoms with E-state index >= 15 is 0 Å². The number of esters is 1. The van der Waals surface area contributed by atoms with Crippen LogP contribution in [0, 0.1) is 5.92 Å². The van der Waals surface area contributed by atoms with Crippen molar-refractivity contribution in [1.29, 1.82) is 0 Å². The molecule has 0 unspecified atom stereocenters. The van der Waals surface area contributed by atoms with Crippen LogP contribution in [0.4, 0.5) is 10.5 Å². The van der Waals surface area contributed by atoms with Crippen molar-refractivity contribution < 1.29 is 19.1 Å². The zero-order chi connectivity index (χ0) is 20.8. The first kappa shape index (κ1) is 20.9. The van der Waals surface area contributed by atoms with E-state index in [2.05, 4.69) is 5.32 Å². The number of anilines is 1. The molecule has 2 amide bonds. The molecule has 2 aromatic carbocycles. The van der Waals surface area contributed by atoms with Crippen LogP contribution in [0.2, 0.25) is 5.02 Å². The van der Waals surface area contributed by atoms with Crippen LogP contribution in [-0.4, -0.2) is 41.9 Å². The molecule has 1 saturated heterocycles. The largest absolute Gasteiger partial charge is 0.454 e. The van der Waals surface area contributed by atoms with Gasteiger partial charge in [-0.25, -0.2) is 4.79 Å². The minimum atomic E-state index is -0.872. The Bertz CT molecular complexity index is 862. The van der Waals surface area contributed by atoms with E-state index in [-0.39, 0.29) is 17.7 Å². The molecule has 7 heteroatoms. The number of carbonyl (C=O) groups excluding carboxylic acids is 3. The molecule has 29 heavy (non-hydrogen) atoms. The second-order valence-electron chi connectivity index (χ2n) is 7.01. The predicted octanol–water partition coefficient (Wildman–Crippen LogP) is 4.40. The van der Waals surface area contributed by atoms with E-state index in [9.17, 15) is 14.4 Å². The number of hydrogen-bond donors (Lipinski definition) is 1. The first-order valence-corrected chi connectivity index (χ1v) is 9.93. The lowest BCUT2D eigenvalue weighted by Gasteiger charge is -2.31. The number of ketones is 1. The molecular weight excluding hydrogens is 392 g/mol. The molecule has 0 aromatic heterocycles. The van der Waals surface area contributed by atoms with Gasteiger partial charge in [0.2, 0.25) is 5.78 Å². The highest BCUT2D eigenvalue weighted by Gasteiger charge is 2.30. The number of amides is 2. The van der Waals surface area contributed by atoms with E-state index in [1.54, 1.807) is 36.1 Å². The number of ether oxygens (including phenoxy) is 1. The maximum Gasteiger partial charge on any atom is 0.321 e. The van der Waals surface area contributed by atoms with Crippen molar-refractivity contribution in [1.82, 2.24) is 4.90 Å². The number of urea groups is 1. The van der Waals surface area contributed by atoms with Crippen molar-refractivity contribution in [3.05, 3.63) is 65.2 Å². The van der Waals surface area contributed by atoms with Gasteiger partial charge in [-0.2, -0.15) is 0 Å². The van der Waals surface area contributed by atoms with E-state index in [4.69, 9.17) is 16.3 Å². The quantitative estimate of drug-likeness (QED) is 0.581. The number of nitrogens with zero attached hydrogens (tertiary/aromatic N) is 1. The van der Waals surface area contributed by atoms with Crippen molar-refractivity contribution in [2.24, 2.45) is 5.92 Å². The number of rotatable bonds is 5. The maximum atomic E-state index is 12.5. The molecule has 0 saturated carbocycles. The number of piperidine rings is 1. The van der Waals surface area contributed by atoms with Gasteiger partial charge >= 0.3 is 12.0 Å². The summed E-state index contributed by atoms with van der Waals surface area (Å²) in [4.78, 5) is 38.9. The lowest BCUT2D eigenvalue weighted by Crippen LogP contribution is -2.43. The molecule has 1 atom stereocenters. The summed E-state index contributed by atoms with van der Waals surface area (Å²) >= 11 is 5.83. The minimum absolute atomic E-state index is 0.186. The Morgan fingerprint density at radius 2 is 1.66 bits per heavy atom. The predicted molar refractivity (Wildman–Crippen MR) is 111 cm³/mol. The second kappa shape index (κ2) is 9.56. The van der Waals surface area contributed by atoms with E-state index in [0.29, 0.717) is 36.5 Å². The van der Waals surface area contributed by atoms with Crippen LogP contribution in [0.25, 0.3) is 0 Å². The molecule has 0 radical (unpaired) electrons. The molecular formula is C22H23ClN2O4. The number of para-hydroxylation sites is 1. The number of hydrogen-bond acceptors (Lipinski definition) is 4. The number of Topliss-reactive ketones (excluding diaryl/α,β-unsaturated/α-hetero) is 1.